The summed E-state index contributed by atoms with van der Waals surface area (Å²) >= 11 is 0. The molecule has 0 spiro atoms. The highest BCUT2D eigenvalue weighted by Crippen LogP contribution is 2.14. The Bertz CT molecular complexity index is 547. The van der Waals surface area contributed by atoms with E-state index in [0.29, 0.717) is 45.8 Å². The molecular weight excluding hydrogens is 294 g/mol. The van der Waals surface area contributed by atoms with Crippen molar-refractivity contribution in [2.24, 2.45) is 0 Å². The first-order valence-corrected chi connectivity index (χ1v) is 8.64. The molecule has 1 aliphatic rings. The van der Waals surface area contributed by atoms with Crippen LogP contribution in [0.25, 0.3) is 0 Å². The molecule has 120 valence electrons. The Hall–Kier alpha value is -1.03. The number of piperazine rings is 1. The fourth-order valence-corrected chi connectivity index (χ4v) is 4.04. The van der Waals surface area contributed by atoms with E-state index in [-0.39, 0.29) is 0 Å². The zero-order valence-electron chi connectivity index (χ0n) is 12.8. The molecule has 1 aromatic heterocycles. The number of aryl methyl sites for hydroxylation is 1. The van der Waals surface area contributed by atoms with Crippen LogP contribution in [0.3, 0.4) is 0 Å². The number of aromatic nitrogens is 2. The second kappa shape index (κ2) is 6.82. The number of hydrogen-bond donors (Lipinski definition) is 0. The van der Waals surface area contributed by atoms with E-state index in [1.54, 1.807) is 4.31 Å². The van der Waals surface area contributed by atoms with Gasteiger partial charge in [0.1, 0.15) is 11.4 Å². The number of rotatable bonds is 6. The summed E-state index contributed by atoms with van der Waals surface area (Å²) in [6.07, 6.45) is 0. The zero-order valence-corrected chi connectivity index (χ0v) is 13.6. The lowest BCUT2D eigenvalue weighted by atomic mass is 10.3. The molecule has 0 saturated carbocycles. The van der Waals surface area contributed by atoms with Crippen LogP contribution in [-0.4, -0.2) is 71.5 Å². The summed E-state index contributed by atoms with van der Waals surface area (Å²) in [6.45, 7) is 9.61. The monoisotopic (exact) mass is 317 g/mol. The molecule has 0 bridgehead atoms. The van der Waals surface area contributed by atoms with E-state index in [4.69, 9.17) is 0 Å². The van der Waals surface area contributed by atoms with Gasteiger partial charge in [-0.1, -0.05) is 24.2 Å². The largest absolute Gasteiger partial charge is 0.295 e. The Morgan fingerprint density at radius 2 is 1.76 bits per heavy atom. The average Bonchev–Trinajstić information content (AvgIpc) is 2.86. The van der Waals surface area contributed by atoms with E-state index in [1.807, 2.05) is 20.8 Å². The first-order valence-electron chi connectivity index (χ1n) is 7.24. The minimum Gasteiger partial charge on any atom is -0.295 e. The van der Waals surface area contributed by atoms with Crippen molar-refractivity contribution < 1.29 is 13.0 Å². The fraction of sp³-hybridized carbons (Fsp3) is 0.833. The molecule has 9 heteroatoms. The summed E-state index contributed by atoms with van der Waals surface area (Å²) in [5, 5.41) is 7.62. The predicted octanol–water partition coefficient (Wildman–Crippen LogP) is 0.0822. The van der Waals surface area contributed by atoms with Gasteiger partial charge in [0.25, 0.3) is 10.2 Å². The first kappa shape index (κ1) is 16.3. The van der Waals surface area contributed by atoms with Crippen molar-refractivity contribution in [3.8, 4) is 0 Å². The highest BCUT2D eigenvalue weighted by molar-refractivity contribution is 7.86. The van der Waals surface area contributed by atoms with Crippen LogP contribution in [0.4, 0.5) is 0 Å². The predicted molar refractivity (Wildman–Crippen MR) is 77.7 cm³/mol. The summed E-state index contributed by atoms with van der Waals surface area (Å²) in [5.74, 6) is 0. The molecule has 1 saturated heterocycles. The standard InChI is InChI=1S/C12H23N5O3S/c1-4-16(5-2)21(18,19)17-8-6-15(7-9-17)10-12-11(3)13-20-14-12/h4-10H2,1-3H3. The van der Waals surface area contributed by atoms with Gasteiger partial charge in [0.2, 0.25) is 0 Å². The van der Waals surface area contributed by atoms with Crippen molar-refractivity contribution in [1.82, 2.24) is 23.8 Å². The lowest BCUT2D eigenvalue weighted by Gasteiger charge is -2.35. The summed E-state index contributed by atoms with van der Waals surface area (Å²) in [5.41, 5.74) is 1.60. The van der Waals surface area contributed by atoms with Gasteiger partial charge in [-0.05, 0) is 6.92 Å². The summed E-state index contributed by atoms with van der Waals surface area (Å²) < 4.78 is 32.6. The maximum Gasteiger partial charge on any atom is 0.282 e. The van der Waals surface area contributed by atoms with Gasteiger partial charge in [-0.2, -0.15) is 17.0 Å². The average molecular weight is 317 g/mol. The molecule has 0 N–H and O–H groups in total. The van der Waals surface area contributed by atoms with Crippen LogP contribution in [0.5, 0.6) is 0 Å². The Morgan fingerprint density at radius 1 is 1.14 bits per heavy atom. The fourth-order valence-electron chi connectivity index (χ4n) is 2.44. The number of nitrogens with zero attached hydrogens (tertiary/aromatic N) is 5. The van der Waals surface area contributed by atoms with Crippen LogP contribution in [-0.2, 0) is 16.8 Å². The second-order valence-corrected chi connectivity index (χ2v) is 6.99. The van der Waals surface area contributed by atoms with E-state index >= 15 is 0 Å². The van der Waals surface area contributed by atoms with Crippen molar-refractivity contribution in [1.29, 1.82) is 0 Å². The first-order chi connectivity index (χ1) is 9.98. The van der Waals surface area contributed by atoms with Crippen molar-refractivity contribution in [3.63, 3.8) is 0 Å². The molecule has 1 fully saturated rings. The van der Waals surface area contributed by atoms with Crippen LogP contribution in [0.15, 0.2) is 4.63 Å². The van der Waals surface area contributed by atoms with Crippen molar-refractivity contribution in [3.05, 3.63) is 11.4 Å². The molecule has 0 radical (unpaired) electrons. The zero-order chi connectivity index (χ0) is 15.5. The summed E-state index contributed by atoms with van der Waals surface area (Å²) in [6, 6.07) is 0. The summed E-state index contributed by atoms with van der Waals surface area (Å²) in [4.78, 5) is 2.17. The SMILES string of the molecule is CCN(CC)S(=O)(=O)N1CCN(Cc2nonc2C)CC1. The van der Waals surface area contributed by atoms with Crippen LogP contribution in [0, 0.1) is 6.92 Å². The van der Waals surface area contributed by atoms with Gasteiger partial charge in [0.15, 0.2) is 0 Å². The highest BCUT2D eigenvalue weighted by Gasteiger charge is 2.31. The van der Waals surface area contributed by atoms with E-state index < -0.39 is 10.2 Å². The van der Waals surface area contributed by atoms with E-state index in [1.165, 1.54) is 4.31 Å². The van der Waals surface area contributed by atoms with E-state index in [0.717, 1.165) is 11.4 Å². The molecule has 0 atom stereocenters. The molecule has 21 heavy (non-hydrogen) atoms. The van der Waals surface area contributed by atoms with Crippen LogP contribution < -0.4 is 0 Å². The molecule has 1 aromatic rings. The van der Waals surface area contributed by atoms with Gasteiger partial charge in [0, 0.05) is 45.8 Å². The minimum atomic E-state index is -3.32. The van der Waals surface area contributed by atoms with Crippen molar-refractivity contribution >= 4 is 10.2 Å². The second-order valence-electron chi connectivity index (χ2n) is 5.06. The molecule has 0 unspecified atom stereocenters. The van der Waals surface area contributed by atoms with Gasteiger partial charge < -0.3 is 0 Å². The lowest BCUT2D eigenvalue weighted by molar-refractivity contribution is 0.171. The third-order valence-electron chi connectivity index (χ3n) is 3.81. The molecule has 0 aliphatic carbocycles. The maximum atomic E-state index is 12.4. The molecule has 8 nitrogen and oxygen atoms in total. The summed E-state index contributed by atoms with van der Waals surface area (Å²) in [7, 11) is -3.32. The van der Waals surface area contributed by atoms with Crippen LogP contribution in [0.2, 0.25) is 0 Å². The quantitative estimate of drug-likeness (QED) is 0.739. The van der Waals surface area contributed by atoms with Gasteiger partial charge in [0.05, 0.1) is 0 Å². The van der Waals surface area contributed by atoms with Crippen molar-refractivity contribution in [2.75, 3.05) is 39.3 Å². The molecule has 2 rings (SSSR count). The Balaban J connectivity index is 1.93. The number of hydrogen-bond acceptors (Lipinski definition) is 6. The van der Waals surface area contributed by atoms with E-state index in [9.17, 15) is 8.42 Å². The topological polar surface area (TPSA) is 82.8 Å². The van der Waals surface area contributed by atoms with Crippen LogP contribution in [0.1, 0.15) is 25.2 Å². The third-order valence-corrected chi connectivity index (χ3v) is 6.00. The third kappa shape index (κ3) is 3.60. The van der Waals surface area contributed by atoms with Crippen molar-refractivity contribution in [2.45, 2.75) is 27.3 Å². The molecule has 1 aliphatic heterocycles. The molecule has 0 amide bonds. The maximum absolute atomic E-state index is 12.4. The smallest absolute Gasteiger partial charge is 0.282 e. The van der Waals surface area contributed by atoms with Gasteiger partial charge in [-0.3, -0.25) is 4.90 Å². The van der Waals surface area contributed by atoms with Gasteiger partial charge in [-0.15, -0.1) is 0 Å². The van der Waals surface area contributed by atoms with Crippen LogP contribution >= 0.6 is 0 Å². The normalized spacial score (nSPS) is 18.5. The highest BCUT2D eigenvalue weighted by atomic mass is 32.2. The van der Waals surface area contributed by atoms with Gasteiger partial charge in [-0.25, -0.2) is 4.63 Å². The minimum absolute atomic E-state index is 0.503. The molecule has 2 heterocycles. The van der Waals surface area contributed by atoms with Gasteiger partial charge >= 0.3 is 0 Å². The Morgan fingerprint density at radius 3 is 2.24 bits per heavy atom. The lowest BCUT2D eigenvalue weighted by Crippen LogP contribution is -2.52. The molecule has 0 aromatic carbocycles. The Kier molecular flexibility index (Phi) is 5.31. The molecular formula is C12H23N5O3S. The van der Waals surface area contributed by atoms with E-state index in [2.05, 4.69) is 19.8 Å². The Labute approximate surface area is 125 Å².